The highest BCUT2D eigenvalue weighted by Crippen LogP contribution is 2.16. The van der Waals surface area contributed by atoms with Crippen LogP contribution in [0.2, 0.25) is 0 Å². The first kappa shape index (κ1) is 19.0. The minimum atomic E-state index is -0.622. The second-order valence-electron chi connectivity index (χ2n) is 5.86. The number of benzene rings is 1. The Hall–Kier alpha value is -2.81. The van der Waals surface area contributed by atoms with Crippen molar-refractivity contribution in [3.8, 4) is 0 Å². The van der Waals surface area contributed by atoms with Gasteiger partial charge in [0.1, 0.15) is 6.33 Å². The minimum Gasteiger partial charge on any atom is -0.452 e. The smallest absolute Gasteiger partial charge is 0.342 e. The summed E-state index contributed by atoms with van der Waals surface area (Å²) in [6, 6.07) is 7.42. The average Bonchev–Trinajstić information content (AvgIpc) is 3.14. The van der Waals surface area contributed by atoms with Gasteiger partial charge in [-0.05, 0) is 31.0 Å². The van der Waals surface area contributed by atoms with E-state index in [-0.39, 0.29) is 24.1 Å². The molecule has 0 fully saturated rings. The minimum absolute atomic E-state index is 0.205. The second-order valence-corrected chi connectivity index (χ2v) is 6.78. The van der Waals surface area contributed by atoms with E-state index in [1.165, 1.54) is 17.0 Å². The number of fused-ring (bicyclic) bond motifs is 1. The monoisotopic (exact) mass is 431 g/mol. The molecular weight excluding hydrogens is 414 g/mol. The third kappa shape index (κ3) is 4.30. The number of carbonyl (C=O) groups is 2. The summed E-state index contributed by atoms with van der Waals surface area (Å²) in [6.45, 7) is 3.37. The van der Waals surface area contributed by atoms with Gasteiger partial charge in [-0.15, -0.1) is 0 Å². The maximum absolute atomic E-state index is 12.4. The van der Waals surface area contributed by atoms with E-state index in [0.29, 0.717) is 17.9 Å². The predicted molar refractivity (Wildman–Crippen MR) is 101 cm³/mol. The lowest BCUT2D eigenvalue weighted by molar-refractivity contribution is -0.124. The Morgan fingerprint density at radius 1 is 1.26 bits per heavy atom. The molecule has 0 aliphatic heterocycles. The van der Waals surface area contributed by atoms with Gasteiger partial charge in [-0.3, -0.25) is 4.79 Å². The van der Waals surface area contributed by atoms with Gasteiger partial charge in [-0.25, -0.2) is 14.3 Å². The molecule has 1 aromatic carbocycles. The van der Waals surface area contributed by atoms with Crippen molar-refractivity contribution in [2.45, 2.75) is 26.3 Å². The summed E-state index contributed by atoms with van der Waals surface area (Å²) < 4.78 is 7.61. The summed E-state index contributed by atoms with van der Waals surface area (Å²) >= 11 is 3.37. The number of hydrogen-bond acceptors (Lipinski definition) is 6. The molecule has 0 aliphatic rings. The molecule has 0 spiro atoms. The maximum atomic E-state index is 12.4. The van der Waals surface area contributed by atoms with Crippen molar-refractivity contribution in [3.05, 3.63) is 58.1 Å². The average molecular weight is 432 g/mol. The van der Waals surface area contributed by atoms with Crippen LogP contribution in [0.4, 0.5) is 0 Å². The molecule has 1 amide bonds. The molecule has 2 aromatic heterocycles. The Bertz CT molecular complexity index is 971. The van der Waals surface area contributed by atoms with E-state index >= 15 is 0 Å². The molecule has 0 radical (unpaired) electrons. The number of aromatic nitrogens is 4. The van der Waals surface area contributed by atoms with E-state index in [1.807, 2.05) is 38.1 Å². The van der Waals surface area contributed by atoms with E-state index in [9.17, 15) is 9.59 Å². The van der Waals surface area contributed by atoms with E-state index < -0.39 is 5.97 Å². The largest absolute Gasteiger partial charge is 0.452 e. The van der Waals surface area contributed by atoms with E-state index in [1.54, 1.807) is 0 Å². The Labute approximate surface area is 164 Å². The number of rotatable bonds is 6. The van der Waals surface area contributed by atoms with Crippen molar-refractivity contribution in [1.82, 2.24) is 24.9 Å². The molecule has 1 atom stereocenters. The number of esters is 1. The number of hydrogen-bond donors (Lipinski definition) is 1. The summed E-state index contributed by atoms with van der Waals surface area (Å²) in [4.78, 5) is 32.6. The van der Waals surface area contributed by atoms with Crippen LogP contribution < -0.4 is 5.32 Å². The van der Waals surface area contributed by atoms with Crippen molar-refractivity contribution in [2.24, 2.45) is 0 Å². The summed E-state index contributed by atoms with van der Waals surface area (Å²) in [7, 11) is 0. The molecule has 2 heterocycles. The number of carbonyl (C=O) groups excluding carboxylic acids is 2. The third-order valence-corrected chi connectivity index (χ3v) is 4.57. The molecule has 27 heavy (non-hydrogen) atoms. The fourth-order valence-corrected chi connectivity index (χ4v) is 2.93. The summed E-state index contributed by atoms with van der Waals surface area (Å²) in [5.41, 5.74) is 1.85. The van der Waals surface area contributed by atoms with Crippen molar-refractivity contribution in [2.75, 3.05) is 6.61 Å². The van der Waals surface area contributed by atoms with Crippen molar-refractivity contribution < 1.29 is 14.3 Å². The number of aryl methyl sites for hydroxylation is 1. The maximum Gasteiger partial charge on any atom is 0.342 e. The highest BCUT2D eigenvalue weighted by atomic mass is 79.9. The van der Waals surface area contributed by atoms with Crippen LogP contribution in [-0.4, -0.2) is 38.1 Å². The quantitative estimate of drug-likeness (QED) is 0.601. The lowest BCUT2D eigenvalue weighted by Gasteiger charge is -2.15. The van der Waals surface area contributed by atoms with Crippen LogP contribution >= 0.6 is 15.9 Å². The van der Waals surface area contributed by atoms with Gasteiger partial charge < -0.3 is 10.1 Å². The lowest BCUT2D eigenvalue weighted by atomic mass is 10.1. The number of nitrogens with one attached hydrogen (secondary N) is 1. The van der Waals surface area contributed by atoms with Crippen LogP contribution in [0.5, 0.6) is 0 Å². The van der Waals surface area contributed by atoms with Gasteiger partial charge in [-0.2, -0.15) is 10.1 Å². The summed E-state index contributed by atoms with van der Waals surface area (Å²) in [5, 5.41) is 6.86. The van der Waals surface area contributed by atoms with Gasteiger partial charge in [0.25, 0.3) is 11.7 Å². The van der Waals surface area contributed by atoms with E-state index in [4.69, 9.17) is 4.74 Å². The molecule has 3 rings (SSSR count). The number of ether oxygens (including phenoxy) is 1. The standard InChI is InChI=1S/C18H18BrN5O3/c1-3-15-14(8-20-18-21-10-22-24(15)18)17(26)27-9-16(25)23-11(2)12-4-6-13(19)7-5-12/h4-8,10-11H,3,9H2,1-2H3,(H,23,25). The lowest BCUT2D eigenvalue weighted by Crippen LogP contribution is -2.31. The Morgan fingerprint density at radius 2 is 2.00 bits per heavy atom. The van der Waals surface area contributed by atoms with Gasteiger partial charge in [0.05, 0.1) is 17.3 Å². The highest BCUT2D eigenvalue weighted by molar-refractivity contribution is 9.10. The van der Waals surface area contributed by atoms with Crippen LogP contribution in [-0.2, 0) is 16.0 Å². The molecule has 8 nitrogen and oxygen atoms in total. The van der Waals surface area contributed by atoms with Crippen LogP contribution in [0, 0.1) is 0 Å². The van der Waals surface area contributed by atoms with E-state index in [2.05, 4.69) is 36.3 Å². The van der Waals surface area contributed by atoms with Gasteiger partial charge >= 0.3 is 5.97 Å². The Morgan fingerprint density at radius 3 is 2.70 bits per heavy atom. The molecule has 0 aliphatic carbocycles. The zero-order chi connectivity index (χ0) is 19.4. The fourth-order valence-electron chi connectivity index (χ4n) is 2.66. The first-order valence-corrected chi connectivity index (χ1v) is 9.18. The second kappa shape index (κ2) is 8.26. The first-order chi connectivity index (χ1) is 13.0. The van der Waals surface area contributed by atoms with Gasteiger partial charge in [0.2, 0.25) is 0 Å². The molecule has 3 aromatic rings. The molecule has 9 heteroatoms. The Balaban J connectivity index is 1.62. The molecular formula is C18H18BrN5O3. The molecule has 1 unspecified atom stereocenters. The number of halogens is 1. The van der Waals surface area contributed by atoms with Crippen LogP contribution in [0.1, 0.15) is 41.5 Å². The zero-order valence-electron chi connectivity index (χ0n) is 14.8. The van der Waals surface area contributed by atoms with Gasteiger partial charge in [-0.1, -0.05) is 35.0 Å². The molecule has 0 saturated heterocycles. The van der Waals surface area contributed by atoms with Crippen molar-refractivity contribution in [3.63, 3.8) is 0 Å². The SMILES string of the molecule is CCc1c(C(=O)OCC(=O)NC(C)c2ccc(Br)cc2)cnc2ncnn12. The van der Waals surface area contributed by atoms with Crippen LogP contribution in [0.3, 0.4) is 0 Å². The van der Waals surface area contributed by atoms with Gasteiger partial charge in [0.15, 0.2) is 6.61 Å². The van der Waals surface area contributed by atoms with Crippen LogP contribution in [0.15, 0.2) is 41.3 Å². The Kier molecular flexibility index (Phi) is 5.80. The molecule has 140 valence electrons. The molecule has 0 bridgehead atoms. The fraction of sp³-hybridized carbons (Fsp3) is 0.278. The molecule has 1 N–H and O–H groups in total. The first-order valence-electron chi connectivity index (χ1n) is 8.39. The van der Waals surface area contributed by atoms with Crippen molar-refractivity contribution >= 4 is 33.6 Å². The third-order valence-electron chi connectivity index (χ3n) is 4.04. The molecule has 0 saturated carbocycles. The van der Waals surface area contributed by atoms with E-state index in [0.717, 1.165) is 10.0 Å². The number of amides is 1. The zero-order valence-corrected chi connectivity index (χ0v) is 16.4. The van der Waals surface area contributed by atoms with Crippen LogP contribution in [0.25, 0.3) is 5.78 Å². The topological polar surface area (TPSA) is 98.5 Å². The predicted octanol–water partition coefficient (Wildman–Crippen LogP) is 2.48. The summed E-state index contributed by atoms with van der Waals surface area (Å²) in [6.07, 6.45) is 3.31. The van der Waals surface area contributed by atoms with Crippen molar-refractivity contribution in [1.29, 1.82) is 0 Å². The summed E-state index contributed by atoms with van der Waals surface area (Å²) in [5.74, 6) is -0.598. The highest BCUT2D eigenvalue weighted by Gasteiger charge is 2.18. The number of nitrogens with zero attached hydrogens (tertiary/aromatic N) is 4. The van der Waals surface area contributed by atoms with Gasteiger partial charge in [0, 0.05) is 10.7 Å². The normalized spacial score (nSPS) is 12.0.